The summed E-state index contributed by atoms with van der Waals surface area (Å²) < 4.78 is 10.5. The number of hydrogen-bond donors (Lipinski definition) is 0. The van der Waals surface area contributed by atoms with Crippen LogP contribution in [0.25, 0.3) is 10.8 Å². The van der Waals surface area contributed by atoms with E-state index in [0.29, 0.717) is 17.4 Å². The molecular formula is C22H21N5O9. The fourth-order valence-electron chi connectivity index (χ4n) is 3.10. The molecule has 0 aromatic heterocycles. The fraction of sp³-hybridized carbons (Fsp3) is 0.227. The summed E-state index contributed by atoms with van der Waals surface area (Å²) in [5.74, 6) is -2.29. The first-order valence-corrected chi connectivity index (χ1v) is 10.3. The standard InChI is InChI=1S/C22H21N5O9/c1-13(14-5-6-16-10-17(34-4)8-7-15(16)9-14)22(28)35-20-12-21(36-23-27(33)24(2)3)19(26(31)32)11-18(20)25(29)30/h5-13H,1-4H3/b27-23-. The number of esters is 1. The minimum Gasteiger partial charge on any atom is -0.569 e. The zero-order valence-electron chi connectivity index (χ0n) is 19.6. The molecule has 0 radical (unpaired) electrons. The van der Waals surface area contributed by atoms with E-state index in [0.717, 1.165) is 21.8 Å². The van der Waals surface area contributed by atoms with Gasteiger partial charge >= 0.3 is 17.3 Å². The van der Waals surface area contributed by atoms with Crippen molar-refractivity contribution in [2.75, 3.05) is 21.2 Å². The molecule has 36 heavy (non-hydrogen) atoms. The molecule has 0 fully saturated rings. The van der Waals surface area contributed by atoms with Crippen molar-refractivity contribution >= 4 is 28.1 Å². The Hall–Kier alpha value is -5.01. The van der Waals surface area contributed by atoms with Gasteiger partial charge in [-0.3, -0.25) is 29.9 Å². The molecule has 14 nitrogen and oxygen atoms in total. The van der Waals surface area contributed by atoms with E-state index in [2.05, 4.69) is 5.28 Å². The second-order valence-corrected chi connectivity index (χ2v) is 7.69. The van der Waals surface area contributed by atoms with Crippen LogP contribution in [0, 0.1) is 25.4 Å². The predicted octanol–water partition coefficient (Wildman–Crippen LogP) is 4.11. The van der Waals surface area contributed by atoms with Crippen LogP contribution in [-0.4, -0.2) is 47.0 Å². The van der Waals surface area contributed by atoms with E-state index in [-0.39, 0.29) is 4.97 Å². The molecule has 0 aliphatic carbocycles. The van der Waals surface area contributed by atoms with Gasteiger partial charge in [0.15, 0.2) is 0 Å². The van der Waals surface area contributed by atoms with Crippen LogP contribution in [0.5, 0.6) is 17.2 Å². The van der Waals surface area contributed by atoms with Crippen molar-refractivity contribution in [3.63, 3.8) is 0 Å². The number of hydrogen-bond acceptors (Lipinski definition) is 10. The Morgan fingerprint density at radius 3 is 2.14 bits per heavy atom. The quantitative estimate of drug-likeness (QED) is 0.104. The summed E-state index contributed by atoms with van der Waals surface area (Å²) in [5.41, 5.74) is -1.12. The Morgan fingerprint density at radius 2 is 1.53 bits per heavy atom. The molecule has 1 unspecified atom stereocenters. The third kappa shape index (κ3) is 5.55. The molecule has 0 N–H and O–H groups in total. The Balaban J connectivity index is 1.95. The maximum Gasteiger partial charge on any atom is 0.321 e. The first-order chi connectivity index (χ1) is 17.0. The van der Waals surface area contributed by atoms with Crippen molar-refractivity contribution in [2.45, 2.75) is 12.8 Å². The molecule has 0 spiro atoms. The molecule has 0 aliphatic rings. The Kier molecular flexibility index (Phi) is 7.47. The van der Waals surface area contributed by atoms with Gasteiger partial charge < -0.3 is 14.7 Å². The molecule has 0 saturated heterocycles. The monoisotopic (exact) mass is 499 g/mol. The zero-order valence-corrected chi connectivity index (χ0v) is 19.6. The lowest BCUT2D eigenvalue weighted by molar-refractivity contribution is -0.695. The van der Waals surface area contributed by atoms with Gasteiger partial charge in [-0.1, -0.05) is 24.3 Å². The lowest BCUT2D eigenvalue weighted by atomic mass is 9.98. The predicted molar refractivity (Wildman–Crippen MR) is 125 cm³/mol. The van der Waals surface area contributed by atoms with Crippen LogP contribution in [0.4, 0.5) is 11.4 Å². The summed E-state index contributed by atoms with van der Waals surface area (Å²) in [7, 11) is 4.22. The number of nitro groups is 2. The zero-order chi connectivity index (χ0) is 26.6. The normalized spacial score (nSPS) is 12.1. The van der Waals surface area contributed by atoms with Crippen LogP contribution >= 0.6 is 0 Å². The van der Waals surface area contributed by atoms with E-state index >= 15 is 0 Å². The van der Waals surface area contributed by atoms with Crippen LogP contribution in [0.15, 0.2) is 53.8 Å². The number of carbonyl (C=O) groups is 1. The van der Waals surface area contributed by atoms with E-state index in [4.69, 9.17) is 14.3 Å². The van der Waals surface area contributed by atoms with Crippen molar-refractivity contribution in [1.82, 2.24) is 5.01 Å². The summed E-state index contributed by atoms with van der Waals surface area (Å²) in [5, 5.41) is 40.3. The van der Waals surface area contributed by atoms with Gasteiger partial charge in [0.2, 0.25) is 16.8 Å². The lowest BCUT2D eigenvalue weighted by Gasteiger charge is -2.13. The van der Waals surface area contributed by atoms with Gasteiger partial charge in [-0.25, -0.2) is 0 Å². The van der Waals surface area contributed by atoms with Crippen LogP contribution in [0.2, 0.25) is 0 Å². The van der Waals surface area contributed by atoms with Gasteiger partial charge in [0.05, 0.1) is 41.9 Å². The smallest absolute Gasteiger partial charge is 0.321 e. The Labute approximate surface area is 203 Å². The van der Waals surface area contributed by atoms with Crippen LogP contribution in [0.3, 0.4) is 0 Å². The molecule has 0 bridgehead atoms. The minimum absolute atomic E-state index is 0.0196. The third-order valence-corrected chi connectivity index (χ3v) is 5.12. The third-order valence-electron chi connectivity index (χ3n) is 5.12. The van der Waals surface area contributed by atoms with E-state index < -0.39 is 44.6 Å². The van der Waals surface area contributed by atoms with E-state index in [1.54, 1.807) is 38.3 Å². The number of ether oxygens (including phenoxy) is 2. The first-order valence-electron chi connectivity index (χ1n) is 10.3. The van der Waals surface area contributed by atoms with Crippen molar-refractivity contribution in [3.05, 3.63) is 79.5 Å². The Bertz CT molecular complexity index is 1370. The number of fused-ring (bicyclic) bond motifs is 1. The molecule has 0 aliphatic heterocycles. The summed E-state index contributed by atoms with van der Waals surface area (Å²) in [6.45, 7) is 1.55. The fourth-order valence-corrected chi connectivity index (χ4v) is 3.10. The number of rotatable bonds is 9. The molecule has 188 valence electrons. The molecule has 1 atom stereocenters. The van der Waals surface area contributed by atoms with Crippen molar-refractivity contribution in [1.29, 1.82) is 0 Å². The van der Waals surface area contributed by atoms with Gasteiger partial charge in [-0.15, -0.1) is 0 Å². The summed E-state index contributed by atoms with van der Waals surface area (Å²) in [6, 6.07) is 12.0. The average Bonchev–Trinajstić information content (AvgIpc) is 2.85. The molecular weight excluding hydrogens is 478 g/mol. The van der Waals surface area contributed by atoms with Crippen molar-refractivity contribution in [2.24, 2.45) is 5.28 Å². The molecule has 0 heterocycles. The summed E-state index contributed by atoms with van der Waals surface area (Å²) >= 11 is 0. The number of methoxy groups -OCH3 is 1. The van der Waals surface area contributed by atoms with E-state index in [9.17, 15) is 30.2 Å². The second kappa shape index (κ2) is 10.5. The highest BCUT2D eigenvalue weighted by molar-refractivity contribution is 5.87. The number of nitrogens with zero attached hydrogens (tertiary/aromatic N) is 5. The number of hydrazine groups is 1. The topological polar surface area (TPSA) is 173 Å². The van der Waals surface area contributed by atoms with Crippen molar-refractivity contribution < 1.29 is 33.9 Å². The van der Waals surface area contributed by atoms with E-state index in [1.165, 1.54) is 14.1 Å². The summed E-state index contributed by atoms with van der Waals surface area (Å²) in [6.07, 6.45) is 0. The molecule has 3 aromatic rings. The maximum absolute atomic E-state index is 12.9. The highest BCUT2D eigenvalue weighted by Gasteiger charge is 2.30. The lowest BCUT2D eigenvalue weighted by Crippen LogP contribution is -2.21. The van der Waals surface area contributed by atoms with E-state index in [1.807, 2.05) is 12.1 Å². The van der Waals surface area contributed by atoms with Gasteiger partial charge in [0.25, 0.3) is 0 Å². The molecule has 0 amide bonds. The molecule has 3 rings (SSSR count). The summed E-state index contributed by atoms with van der Waals surface area (Å²) in [4.78, 5) is 38.7. The molecule has 14 heteroatoms. The molecule has 0 saturated carbocycles. The van der Waals surface area contributed by atoms with Gasteiger partial charge in [-0.05, 0) is 35.4 Å². The van der Waals surface area contributed by atoms with Gasteiger partial charge in [0.1, 0.15) is 11.8 Å². The highest BCUT2D eigenvalue weighted by atomic mass is 16.7. The van der Waals surface area contributed by atoms with Crippen LogP contribution in [-0.2, 0) is 4.79 Å². The number of carbonyl (C=O) groups excluding carboxylic acids is 1. The van der Waals surface area contributed by atoms with Crippen LogP contribution in [0.1, 0.15) is 18.4 Å². The van der Waals surface area contributed by atoms with Gasteiger partial charge in [-0.2, -0.15) is 5.01 Å². The number of benzene rings is 3. The minimum atomic E-state index is -0.957. The SMILES string of the molecule is COc1ccc2cc(C(C)C(=O)Oc3cc(O/N=[N+](\[O-])N(C)C)c([N+](=O)[O-])cc3[N+](=O)[O-])ccc2c1. The average molecular weight is 499 g/mol. The van der Waals surface area contributed by atoms with Gasteiger partial charge in [0, 0.05) is 6.07 Å². The van der Waals surface area contributed by atoms with Crippen LogP contribution < -0.4 is 14.3 Å². The number of nitro benzene ring substituents is 2. The molecule has 3 aromatic carbocycles. The maximum atomic E-state index is 12.9. The highest BCUT2D eigenvalue weighted by Crippen LogP contribution is 2.40. The Morgan fingerprint density at radius 1 is 0.917 bits per heavy atom. The second-order valence-electron chi connectivity index (χ2n) is 7.69. The van der Waals surface area contributed by atoms with Crippen molar-refractivity contribution in [3.8, 4) is 17.2 Å². The largest absolute Gasteiger partial charge is 0.569 e. The first kappa shape index (κ1) is 25.6.